The fourth-order valence-electron chi connectivity index (χ4n) is 1.70. The predicted octanol–water partition coefficient (Wildman–Crippen LogP) is 2.37. The normalized spacial score (nSPS) is 11.7. The van der Waals surface area contributed by atoms with Crippen molar-refractivity contribution in [3.8, 4) is 0 Å². The molecule has 1 aromatic heterocycles. The van der Waals surface area contributed by atoms with Gasteiger partial charge < -0.3 is 15.1 Å². The first-order valence-corrected chi connectivity index (χ1v) is 7.55. The van der Waals surface area contributed by atoms with Crippen LogP contribution in [0, 0.1) is 0 Å². The van der Waals surface area contributed by atoms with Crippen LogP contribution in [-0.4, -0.2) is 57.1 Å². The van der Waals surface area contributed by atoms with Crippen LogP contribution in [0.2, 0.25) is 4.34 Å². The van der Waals surface area contributed by atoms with E-state index in [1.807, 2.05) is 6.07 Å². The molecule has 3 nitrogen and oxygen atoms in total. The second-order valence-electron chi connectivity index (χ2n) is 4.85. The van der Waals surface area contributed by atoms with Crippen molar-refractivity contribution >= 4 is 22.9 Å². The maximum atomic E-state index is 5.91. The third kappa shape index (κ3) is 7.34. The Hall–Kier alpha value is -0.130. The van der Waals surface area contributed by atoms with E-state index in [0.29, 0.717) is 0 Å². The van der Waals surface area contributed by atoms with E-state index in [9.17, 15) is 0 Å². The van der Waals surface area contributed by atoms with Crippen LogP contribution in [0.1, 0.15) is 11.3 Å². The van der Waals surface area contributed by atoms with E-state index in [1.165, 1.54) is 11.3 Å². The monoisotopic (exact) mass is 289 g/mol. The van der Waals surface area contributed by atoms with Crippen molar-refractivity contribution in [2.24, 2.45) is 0 Å². The van der Waals surface area contributed by atoms with Gasteiger partial charge in [-0.2, -0.15) is 0 Å². The Bertz CT molecular complexity index is 328. The van der Waals surface area contributed by atoms with E-state index in [0.717, 1.165) is 37.1 Å². The Labute approximate surface area is 120 Å². The molecule has 0 spiro atoms. The first-order chi connectivity index (χ1) is 8.58. The molecule has 0 amide bonds. The fourth-order valence-corrected chi connectivity index (χ4v) is 2.86. The Morgan fingerprint density at radius 3 is 2.56 bits per heavy atom. The number of nitrogens with one attached hydrogen (secondary N) is 1. The van der Waals surface area contributed by atoms with Gasteiger partial charge in [0.1, 0.15) is 0 Å². The maximum Gasteiger partial charge on any atom is 0.0931 e. The van der Waals surface area contributed by atoms with Gasteiger partial charge in [-0.25, -0.2) is 0 Å². The molecule has 0 aromatic carbocycles. The molecule has 104 valence electrons. The summed E-state index contributed by atoms with van der Waals surface area (Å²) in [4.78, 5) is 5.87. The van der Waals surface area contributed by atoms with E-state index in [1.54, 1.807) is 11.3 Å². The zero-order chi connectivity index (χ0) is 13.4. The number of thiophene rings is 1. The van der Waals surface area contributed by atoms with Crippen molar-refractivity contribution in [1.82, 2.24) is 15.1 Å². The highest BCUT2D eigenvalue weighted by Crippen LogP contribution is 2.22. The fraction of sp³-hybridized carbons (Fsp3) is 0.692. The molecule has 0 atom stereocenters. The minimum absolute atomic E-state index is 0.875. The number of nitrogens with zero attached hydrogens (tertiary/aromatic N) is 2. The summed E-state index contributed by atoms with van der Waals surface area (Å²) in [7, 11) is 6.37. The van der Waals surface area contributed by atoms with Crippen LogP contribution in [0.4, 0.5) is 0 Å². The summed E-state index contributed by atoms with van der Waals surface area (Å²) in [6, 6.07) is 4.07. The van der Waals surface area contributed by atoms with Gasteiger partial charge in [0.05, 0.1) is 4.34 Å². The Morgan fingerprint density at radius 1 is 1.17 bits per heavy atom. The summed E-state index contributed by atoms with van der Waals surface area (Å²) in [6.45, 7) is 5.34. The van der Waals surface area contributed by atoms with Gasteiger partial charge in [0.15, 0.2) is 0 Å². The van der Waals surface area contributed by atoms with Crippen molar-refractivity contribution in [2.45, 2.75) is 13.0 Å². The molecule has 1 aromatic rings. The number of hydrogen-bond donors (Lipinski definition) is 1. The summed E-state index contributed by atoms with van der Waals surface area (Å²) < 4.78 is 0.875. The summed E-state index contributed by atoms with van der Waals surface area (Å²) in [5.74, 6) is 0. The van der Waals surface area contributed by atoms with Gasteiger partial charge in [-0.05, 0) is 52.8 Å². The number of likely N-dealkylation sites (N-methyl/N-ethyl adjacent to an activating group) is 1. The predicted molar refractivity (Wildman–Crippen MR) is 81.7 cm³/mol. The highest BCUT2D eigenvalue weighted by atomic mass is 35.5. The van der Waals surface area contributed by atoms with E-state index in [-0.39, 0.29) is 0 Å². The molecule has 0 saturated carbocycles. The third-order valence-corrected chi connectivity index (χ3v) is 3.90. The molecule has 0 aliphatic carbocycles. The first-order valence-electron chi connectivity index (χ1n) is 6.36. The van der Waals surface area contributed by atoms with Crippen molar-refractivity contribution in [2.75, 3.05) is 47.3 Å². The zero-order valence-corrected chi connectivity index (χ0v) is 13.2. The molecule has 0 aliphatic heterocycles. The summed E-state index contributed by atoms with van der Waals surface area (Å²) in [5.41, 5.74) is 0. The highest BCUT2D eigenvalue weighted by molar-refractivity contribution is 7.16. The molecule has 5 heteroatoms. The molecular weight excluding hydrogens is 266 g/mol. The van der Waals surface area contributed by atoms with Gasteiger partial charge in [0.25, 0.3) is 0 Å². The van der Waals surface area contributed by atoms with Crippen LogP contribution < -0.4 is 5.32 Å². The molecule has 0 bridgehead atoms. The van der Waals surface area contributed by atoms with Gasteiger partial charge in [0, 0.05) is 24.5 Å². The lowest BCUT2D eigenvalue weighted by Crippen LogP contribution is -2.30. The van der Waals surface area contributed by atoms with Gasteiger partial charge >= 0.3 is 0 Å². The maximum absolute atomic E-state index is 5.91. The van der Waals surface area contributed by atoms with E-state index in [4.69, 9.17) is 11.6 Å². The molecule has 0 unspecified atom stereocenters. The standard InChI is InChI=1S/C13H24ClN3S/c1-16(2)9-4-7-15-8-10-17(3)11-12-5-6-13(14)18-12/h5-6,15H,4,7-11H2,1-3H3. The lowest BCUT2D eigenvalue weighted by molar-refractivity contribution is 0.324. The molecule has 1 rings (SSSR count). The summed E-state index contributed by atoms with van der Waals surface area (Å²) in [5, 5.41) is 3.47. The number of hydrogen-bond acceptors (Lipinski definition) is 4. The van der Waals surface area contributed by atoms with Crippen LogP contribution in [0.3, 0.4) is 0 Å². The van der Waals surface area contributed by atoms with E-state index in [2.05, 4.69) is 42.3 Å². The van der Waals surface area contributed by atoms with Crippen LogP contribution >= 0.6 is 22.9 Å². The molecule has 0 aliphatic rings. The molecule has 0 saturated heterocycles. The van der Waals surface area contributed by atoms with Crippen molar-refractivity contribution in [3.05, 3.63) is 21.3 Å². The first kappa shape index (κ1) is 15.9. The molecular formula is C13H24ClN3S. The second kappa shape index (κ2) is 8.88. The van der Waals surface area contributed by atoms with Crippen molar-refractivity contribution < 1.29 is 0 Å². The van der Waals surface area contributed by atoms with E-state index >= 15 is 0 Å². The summed E-state index contributed by atoms with van der Waals surface area (Å²) in [6.07, 6.45) is 1.21. The molecule has 0 fully saturated rings. The largest absolute Gasteiger partial charge is 0.315 e. The molecule has 18 heavy (non-hydrogen) atoms. The third-order valence-electron chi connectivity index (χ3n) is 2.68. The Kier molecular flexibility index (Phi) is 7.86. The van der Waals surface area contributed by atoms with Crippen LogP contribution in [0.15, 0.2) is 12.1 Å². The number of halogens is 1. The topological polar surface area (TPSA) is 18.5 Å². The zero-order valence-electron chi connectivity index (χ0n) is 11.6. The quantitative estimate of drug-likeness (QED) is 0.704. The van der Waals surface area contributed by atoms with Crippen LogP contribution in [-0.2, 0) is 6.54 Å². The number of rotatable bonds is 9. The molecule has 1 N–H and O–H groups in total. The summed E-state index contributed by atoms with van der Waals surface area (Å²) >= 11 is 7.58. The van der Waals surface area contributed by atoms with Gasteiger partial charge in [0.2, 0.25) is 0 Å². The minimum atomic E-state index is 0.875. The minimum Gasteiger partial charge on any atom is -0.315 e. The van der Waals surface area contributed by atoms with Crippen LogP contribution in [0.5, 0.6) is 0 Å². The van der Waals surface area contributed by atoms with Gasteiger partial charge in [-0.1, -0.05) is 11.6 Å². The Balaban J connectivity index is 2.01. The molecule has 0 radical (unpaired) electrons. The lowest BCUT2D eigenvalue weighted by atomic mass is 10.4. The lowest BCUT2D eigenvalue weighted by Gasteiger charge is -2.16. The molecule has 1 heterocycles. The Morgan fingerprint density at radius 2 is 1.94 bits per heavy atom. The van der Waals surface area contributed by atoms with Gasteiger partial charge in [-0.3, -0.25) is 0 Å². The van der Waals surface area contributed by atoms with E-state index < -0.39 is 0 Å². The van der Waals surface area contributed by atoms with Crippen molar-refractivity contribution in [1.29, 1.82) is 0 Å². The SMILES string of the molecule is CN(C)CCCNCCN(C)Cc1ccc(Cl)s1. The average molecular weight is 290 g/mol. The van der Waals surface area contributed by atoms with Gasteiger partial charge in [-0.15, -0.1) is 11.3 Å². The second-order valence-corrected chi connectivity index (χ2v) is 6.65. The highest BCUT2D eigenvalue weighted by Gasteiger charge is 2.02. The van der Waals surface area contributed by atoms with Crippen molar-refractivity contribution in [3.63, 3.8) is 0 Å². The smallest absolute Gasteiger partial charge is 0.0931 e. The van der Waals surface area contributed by atoms with Crippen LogP contribution in [0.25, 0.3) is 0 Å². The average Bonchev–Trinajstić information content (AvgIpc) is 2.68.